The SMILES string of the molecule is CO[C@H]1O[C@H](CO)[C@@H](OCc2ccccc2)[C@H](OCc2ccccc2)[C@H]1NC(=O)OCc1ccccc1. The fourth-order valence-corrected chi connectivity index (χ4v) is 4.24. The number of benzene rings is 3. The summed E-state index contributed by atoms with van der Waals surface area (Å²) in [7, 11) is 1.47. The Balaban J connectivity index is 1.52. The number of amides is 1. The number of aliphatic hydroxyl groups excluding tert-OH is 1. The highest BCUT2D eigenvalue weighted by atomic mass is 16.7. The maximum Gasteiger partial charge on any atom is 0.407 e. The van der Waals surface area contributed by atoms with Gasteiger partial charge < -0.3 is 34.1 Å². The molecule has 0 bridgehead atoms. The van der Waals surface area contributed by atoms with Crippen LogP contribution in [0.4, 0.5) is 4.79 Å². The quantitative estimate of drug-likeness (QED) is 0.407. The van der Waals surface area contributed by atoms with Gasteiger partial charge in [-0.1, -0.05) is 91.0 Å². The van der Waals surface area contributed by atoms with Gasteiger partial charge in [-0.3, -0.25) is 0 Å². The van der Waals surface area contributed by atoms with Gasteiger partial charge in [0.2, 0.25) is 0 Å². The third-order valence-electron chi connectivity index (χ3n) is 6.13. The van der Waals surface area contributed by atoms with Crippen LogP contribution < -0.4 is 5.32 Å². The zero-order chi connectivity index (χ0) is 25.9. The van der Waals surface area contributed by atoms with Crippen molar-refractivity contribution in [2.75, 3.05) is 13.7 Å². The maximum atomic E-state index is 12.8. The molecule has 0 unspecified atom stereocenters. The molecule has 3 aromatic rings. The molecule has 4 rings (SSSR count). The Bertz CT molecular complexity index is 1070. The first-order valence-electron chi connectivity index (χ1n) is 12.3. The Kier molecular flexibility index (Phi) is 10.0. The zero-order valence-corrected chi connectivity index (χ0v) is 20.8. The van der Waals surface area contributed by atoms with Crippen LogP contribution in [0.15, 0.2) is 91.0 Å². The number of hydrogen-bond donors (Lipinski definition) is 2. The standard InChI is InChI=1S/C29H33NO7/c1-33-28-25(30-29(32)36-20-23-15-9-4-10-16-23)27(35-19-22-13-7-3-8-14-22)26(24(17-31)37-28)34-18-21-11-5-2-6-12-21/h2-16,24-28,31H,17-20H2,1H3,(H,30,32)/t24-,25-,26-,27-,28+/m1/s1. The Labute approximate surface area is 217 Å². The van der Waals surface area contributed by atoms with Crippen LogP contribution in [0, 0.1) is 0 Å². The summed E-state index contributed by atoms with van der Waals surface area (Å²) in [5, 5.41) is 13.0. The lowest BCUT2D eigenvalue weighted by molar-refractivity contribution is -0.281. The highest BCUT2D eigenvalue weighted by molar-refractivity contribution is 5.67. The van der Waals surface area contributed by atoms with Crippen molar-refractivity contribution in [3.8, 4) is 0 Å². The lowest BCUT2D eigenvalue weighted by Gasteiger charge is -2.45. The lowest BCUT2D eigenvalue weighted by atomic mass is 9.96. The first kappa shape index (κ1) is 26.8. The Hall–Kier alpha value is -3.27. The second-order valence-corrected chi connectivity index (χ2v) is 8.72. The Morgan fingerprint density at radius 2 is 1.27 bits per heavy atom. The van der Waals surface area contributed by atoms with Gasteiger partial charge in [0.1, 0.15) is 31.0 Å². The van der Waals surface area contributed by atoms with Crippen LogP contribution in [0.1, 0.15) is 16.7 Å². The third kappa shape index (κ3) is 7.61. The fourth-order valence-electron chi connectivity index (χ4n) is 4.24. The normalized spacial score (nSPS) is 23.4. The summed E-state index contributed by atoms with van der Waals surface area (Å²) in [6.45, 7) is 0.345. The summed E-state index contributed by atoms with van der Waals surface area (Å²) in [6.07, 6.45) is -3.66. The van der Waals surface area contributed by atoms with E-state index < -0.39 is 36.7 Å². The van der Waals surface area contributed by atoms with E-state index in [0.29, 0.717) is 0 Å². The third-order valence-corrected chi connectivity index (χ3v) is 6.13. The fraction of sp³-hybridized carbons (Fsp3) is 0.345. The number of methoxy groups -OCH3 is 1. The molecule has 1 aliphatic rings. The second-order valence-electron chi connectivity index (χ2n) is 8.72. The first-order chi connectivity index (χ1) is 18.2. The first-order valence-corrected chi connectivity index (χ1v) is 12.3. The predicted octanol–water partition coefficient (Wildman–Crippen LogP) is 3.82. The van der Waals surface area contributed by atoms with Gasteiger partial charge in [-0.15, -0.1) is 0 Å². The van der Waals surface area contributed by atoms with Crippen LogP contribution in [0.5, 0.6) is 0 Å². The van der Waals surface area contributed by atoms with Crippen molar-refractivity contribution in [1.82, 2.24) is 5.32 Å². The summed E-state index contributed by atoms with van der Waals surface area (Å²) < 4.78 is 29.6. The van der Waals surface area contributed by atoms with Crippen LogP contribution in [-0.4, -0.2) is 55.6 Å². The van der Waals surface area contributed by atoms with Gasteiger partial charge in [-0.2, -0.15) is 0 Å². The molecule has 0 aliphatic carbocycles. The van der Waals surface area contributed by atoms with Gasteiger partial charge in [0.05, 0.1) is 19.8 Å². The molecule has 8 nitrogen and oxygen atoms in total. The highest BCUT2D eigenvalue weighted by Gasteiger charge is 2.48. The summed E-state index contributed by atoms with van der Waals surface area (Å²) in [5.74, 6) is 0. The number of nitrogens with one attached hydrogen (secondary N) is 1. The molecule has 0 aromatic heterocycles. The van der Waals surface area contributed by atoms with E-state index in [4.69, 9.17) is 23.7 Å². The van der Waals surface area contributed by atoms with E-state index in [0.717, 1.165) is 16.7 Å². The van der Waals surface area contributed by atoms with E-state index in [9.17, 15) is 9.90 Å². The van der Waals surface area contributed by atoms with Crippen LogP contribution in [0.25, 0.3) is 0 Å². The topological polar surface area (TPSA) is 95.5 Å². The maximum absolute atomic E-state index is 12.8. The molecule has 5 atom stereocenters. The van der Waals surface area contributed by atoms with Crippen LogP contribution >= 0.6 is 0 Å². The number of carbonyl (C=O) groups is 1. The van der Waals surface area contributed by atoms with Crippen molar-refractivity contribution in [1.29, 1.82) is 0 Å². The van der Waals surface area contributed by atoms with Crippen molar-refractivity contribution in [2.45, 2.75) is 50.5 Å². The van der Waals surface area contributed by atoms with Crippen molar-refractivity contribution in [3.63, 3.8) is 0 Å². The number of ether oxygens (including phenoxy) is 5. The van der Waals surface area contributed by atoms with Gasteiger partial charge in [0, 0.05) is 7.11 Å². The molecule has 37 heavy (non-hydrogen) atoms. The van der Waals surface area contributed by atoms with Crippen LogP contribution in [0.3, 0.4) is 0 Å². The average Bonchev–Trinajstić information content (AvgIpc) is 2.96. The average molecular weight is 508 g/mol. The van der Waals surface area contributed by atoms with Gasteiger partial charge in [0.25, 0.3) is 0 Å². The Morgan fingerprint density at radius 1 is 0.784 bits per heavy atom. The lowest BCUT2D eigenvalue weighted by Crippen LogP contribution is -2.65. The van der Waals surface area contributed by atoms with E-state index in [1.165, 1.54) is 7.11 Å². The van der Waals surface area contributed by atoms with Gasteiger partial charge in [0.15, 0.2) is 6.29 Å². The summed E-state index contributed by atoms with van der Waals surface area (Å²) in [6, 6.07) is 28.0. The largest absolute Gasteiger partial charge is 0.445 e. The van der Waals surface area contributed by atoms with E-state index in [-0.39, 0.29) is 26.4 Å². The molecule has 2 N–H and O–H groups in total. The summed E-state index contributed by atoms with van der Waals surface area (Å²) in [4.78, 5) is 12.8. The Morgan fingerprint density at radius 3 is 1.76 bits per heavy atom. The molecule has 1 saturated heterocycles. The molecular weight excluding hydrogens is 474 g/mol. The summed E-state index contributed by atoms with van der Waals surface area (Å²) >= 11 is 0. The number of hydrogen-bond acceptors (Lipinski definition) is 7. The van der Waals surface area contributed by atoms with Crippen molar-refractivity contribution in [3.05, 3.63) is 108 Å². The molecule has 1 amide bonds. The molecule has 1 fully saturated rings. The van der Waals surface area contributed by atoms with Crippen LogP contribution in [-0.2, 0) is 43.5 Å². The predicted molar refractivity (Wildman–Crippen MR) is 136 cm³/mol. The van der Waals surface area contributed by atoms with E-state index >= 15 is 0 Å². The number of carbonyl (C=O) groups excluding carboxylic acids is 1. The van der Waals surface area contributed by atoms with Gasteiger partial charge >= 0.3 is 6.09 Å². The molecule has 8 heteroatoms. The zero-order valence-electron chi connectivity index (χ0n) is 20.8. The molecule has 1 heterocycles. The van der Waals surface area contributed by atoms with E-state index in [1.807, 2.05) is 91.0 Å². The second kappa shape index (κ2) is 13.9. The minimum absolute atomic E-state index is 0.112. The molecule has 0 radical (unpaired) electrons. The number of aliphatic hydroxyl groups is 1. The van der Waals surface area contributed by atoms with Crippen LogP contribution in [0.2, 0.25) is 0 Å². The van der Waals surface area contributed by atoms with Gasteiger partial charge in [-0.05, 0) is 16.7 Å². The summed E-state index contributed by atoms with van der Waals surface area (Å²) in [5.41, 5.74) is 2.78. The smallest absolute Gasteiger partial charge is 0.407 e. The molecular formula is C29H33NO7. The number of rotatable bonds is 11. The van der Waals surface area contributed by atoms with E-state index in [1.54, 1.807) is 0 Å². The molecule has 0 saturated carbocycles. The minimum Gasteiger partial charge on any atom is -0.445 e. The number of alkyl carbamates (subject to hydrolysis) is 1. The molecule has 0 spiro atoms. The monoisotopic (exact) mass is 507 g/mol. The molecule has 3 aromatic carbocycles. The van der Waals surface area contributed by atoms with Crippen molar-refractivity contribution < 1.29 is 33.6 Å². The highest BCUT2D eigenvalue weighted by Crippen LogP contribution is 2.28. The van der Waals surface area contributed by atoms with Crippen molar-refractivity contribution >= 4 is 6.09 Å². The van der Waals surface area contributed by atoms with Gasteiger partial charge in [-0.25, -0.2) is 4.79 Å². The molecule has 196 valence electrons. The molecule has 1 aliphatic heterocycles. The minimum atomic E-state index is -0.890. The van der Waals surface area contributed by atoms with Crippen molar-refractivity contribution in [2.24, 2.45) is 0 Å². The van der Waals surface area contributed by atoms with E-state index in [2.05, 4.69) is 5.32 Å².